The van der Waals surface area contributed by atoms with Gasteiger partial charge < -0.3 is 5.11 Å². The number of hydrogen-bond donors (Lipinski definition) is 2. The quantitative estimate of drug-likeness (QED) is 0.834. The van der Waals surface area contributed by atoms with Crippen LogP contribution in [0.4, 0.5) is 4.79 Å². The van der Waals surface area contributed by atoms with Gasteiger partial charge in [-0.2, -0.15) is 0 Å². The van der Waals surface area contributed by atoms with Crippen LogP contribution in [-0.2, 0) is 4.79 Å². The fourth-order valence-electron chi connectivity index (χ4n) is 2.03. The summed E-state index contributed by atoms with van der Waals surface area (Å²) in [7, 11) is 0. The Kier molecular flexibility index (Phi) is 3.50. The zero-order valence-electron chi connectivity index (χ0n) is 10.9. The monoisotopic (exact) mass is 297 g/mol. The molecule has 0 unspecified atom stereocenters. The van der Waals surface area contributed by atoms with E-state index >= 15 is 0 Å². The number of aromatic hydroxyl groups is 1. The third-order valence-corrected chi connectivity index (χ3v) is 3.84. The number of phenolic OH excluding ortho intramolecular Hbond substituents is 1. The summed E-state index contributed by atoms with van der Waals surface area (Å²) in [6, 6.07) is 14.5. The minimum atomic E-state index is -0.359. The van der Waals surface area contributed by atoms with Crippen molar-refractivity contribution in [3.8, 4) is 16.9 Å². The van der Waals surface area contributed by atoms with Crippen LogP contribution >= 0.6 is 11.8 Å². The SMILES string of the molecule is O=C1NC(=O)/C(=C\c2ccc(-c3cccc(O)c3)cc2)S1. The molecule has 0 aromatic heterocycles. The molecule has 104 valence electrons. The number of carbonyl (C=O) groups excluding carboxylic acids is 2. The van der Waals surface area contributed by atoms with E-state index in [0.717, 1.165) is 28.5 Å². The van der Waals surface area contributed by atoms with E-state index in [4.69, 9.17) is 0 Å². The number of amides is 2. The van der Waals surface area contributed by atoms with Crippen molar-refractivity contribution in [3.63, 3.8) is 0 Å². The van der Waals surface area contributed by atoms with Gasteiger partial charge in [0.05, 0.1) is 4.91 Å². The van der Waals surface area contributed by atoms with Crippen LogP contribution in [0, 0.1) is 0 Å². The van der Waals surface area contributed by atoms with E-state index in [0.29, 0.717) is 4.91 Å². The van der Waals surface area contributed by atoms with Crippen LogP contribution in [0.2, 0.25) is 0 Å². The number of imide groups is 1. The number of thioether (sulfide) groups is 1. The topological polar surface area (TPSA) is 66.4 Å². The molecular formula is C16H11NO3S. The lowest BCUT2D eigenvalue weighted by Gasteiger charge is -2.03. The van der Waals surface area contributed by atoms with Crippen molar-refractivity contribution in [3.05, 3.63) is 59.0 Å². The Morgan fingerprint density at radius 3 is 2.38 bits per heavy atom. The molecule has 1 aliphatic heterocycles. The average molecular weight is 297 g/mol. The lowest BCUT2D eigenvalue weighted by Crippen LogP contribution is -2.17. The predicted molar refractivity (Wildman–Crippen MR) is 82.6 cm³/mol. The lowest BCUT2D eigenvalue weighted by atomic mass is 10.0. The average Bonchev–Trinajstić information content (AvgIpc) is 2.78. The Morgan fingerprint density at radius 2 is 1.76 bits per heavy atom. The molecule has 2 aromatic rings. The Balaban J connectivity index is 1.86. The second-order valence-corrected chi connectivity index (χ2v) is 5.54. The zero-order chi connectivity index (χ0) is 14.8. The van der Waals surface area contributed by atoms with E-state index in [1.807, 2.05) is 30.3 Å². The number of hydrogen-bond acceptors (Lipinski definition) is 4. The summed E-state index contributed by atoms with van der Waals surface area (Å²) in [4.78, 5) is 23.0. The molecule has 1 saturated heterocycles. The van der Waals surface area contributed by atoms with E-state index in [2.05, 4.69) is 5.32 Å². The molecule has 0 bridgehead atoms. The number of nitrogens with one attached hydrogen (secondary N) is 1. The molecule has 0 radical (unpaired) electrons. The summed E-state index contributed by atoms with van der Waals surface area (Å²) >= 11 is 0.900. The second kappa shape index (κ2) is 5.46. The van der Waals surface area contributed by atoms with E-state index in [-0.39, 0.29) is 16.9 Å². The molecule has 2 aromatic carbocycles. The fraction of sp³-hybridized carbons (Fsp3) is 0. The zero-order valence-corrected chi connectivity index (χ0v) is 11.7. The van der Waals surface area contributed by atoms with Crippen LogP contribution in [0.5, 0.6) is 5.75 Å². The minimum absolute atomic E-state index is 0.219. The van der Waals surface area contributed by atoms with Crippen LogP contribution in [0.1, 0.15) is 5.56 Å². The van der Waals surface area contributed by atoms with E-state index in [9.17, 15) is 14.7 Å². The Labute approximate surface area is 125 Å². The molecular weight excluding hydrogens is 286 g/mol. The van der Waals surface area contributed by atoms with Gasteiger partial charge in [-0.05, 0) is 46.7 Å². The number of rotatable bonds is 2. The molecule has 4 nitrogen and oxygen atoms in total. The Bertz CT molecular complexity index is 750. The van der Waals surface area contributed by atoms with Crippen molar-refractivity contribution in [2.45, 2.75) is 0 Å². The summed E-state index contributed by atoms with van der Waals surface area (Å²) in [6.07, 6.45) is 1.68. The predicted octanol–water partition coefficient (Wildman–Crippen LogP) is 3.38. The van der Waals surface area contributed by atoms with E-state index in [1.54, 1.807) is 24.3 Å². The maximum absolute atomic E-state index is 11.5. The highest BCUT2D eigenvalue weighted by Gasteiger charge is 2.24. The Morgan fingerprint density at radius 1 is 1.00 bits per heavy atom. The molecule has 0 aliphatic carbocycles. The summed E-state index contributed by atoms with van der Waals surface area (Å²) in [5.74, 6) is -0.140. The summed E-state index contributed by atoms with van der Waals surface area (Å²) in [6.45, 7) is 0. The first-order chi connectivity index (χ1) is 10.1. The van der Waals surface area contributed by atoms with E-state index in [1.165, 1.54) is 0 Å². The molecule has 5 heteroatoms. The second-order valence-electron chi connectivity index (χ2n) is 4.52. The van der Waals surface area contributed by atoms with Crippen molar-refractivity contribution in [2.75, 3.05) is 0 Å². The smallest absolute Gasteiger partial charge is 0.290 e. The van der Waals surface area contributed by atoms with Gasteiger partial charge in [-0.25, -0.2) is 0 Å². The first kappa shape index (κ1) is 13.5. The molecule has 0 saturated carbocycles. The van der Waals surface area contributed by atoms with E-state index < -0.39 is 0 Å². The number of carbonyl (C=O) groups is 2. The molecule has 21 heavy (non-hydrogen) atoms. The van der Waals surface area contributed by atoms with Crippen LogP contribution in [0.15, 0.2) is 53.4 Å². The highest BCUT2D eigenvalue weighted by molar-refractivity contribution is 8.18. The molecule has 0 atom stereocenters. The Hall–Kier alpha value is -2.53. The van der Waals surface area contributed by atoms with Crippen LogP contribution in [-0.4, -0.2) is 16.3 Å². The normalized spacial score (nSPS) is 16.3. The van der Waals surface area contributed by atoms with Crippen LogP contribution < -0.4 is 5.32 Å². The van der Waals surface area contributed by atoms with Crippen molar-refractivity contribution in [1.82, 2.24) is 5.32 Å². The van der Waals surface area contributed by atoms with Gasteiger partial charge >= 0.3 is 0 Å². The standard InChI is InChI=1S/C16H11NO3S/c18-13-3-1-2-12(9-13)11-6-4-10(5-7-11)8-14-15(19)17-16(20)21-14/h1-9,18H,(H,17,19,20)/b14-8+. The van der Waals surface area contributed by atoms with Crippen molar-refractivity contribution < 1.29 is 14.7 Å². The summed E-state index contributed by atoms with van der Waals surface area (Å²) in [5.41, 5.74) is 2.72. The molecule has 1 aliphatic rings. The van der Waals surface area contributed by atoms with Gasteiger partial charge in [0.2, 0.25) is 0 Å². The summed E-state index contributed by atoms with van der Waals surface area (Å²) in [5, 5.41) is 11.4. The number of benzene rings is 2. The molecule has 1 fully saturated rings. The molecule has 3 rings (SSSR count). The molecule has 0 spiro atoms. The van der Waals surface area contributed by atoms with Gasteiger partial charge in [-0.3, -0.25) is 14.9 Å². The van der Waals surface area contributed by atoms with Gasteiger partial charge in [0.15, 0.2) is 0 Å². The van der Waals surface area contributed by atoms with Crippen LogP contribution in [0.3, 0.4) is 0 Å². The first-order valence-corrected chi connectivity index (χ1v) is 7.08. The number of phenols is 1. The highest BCUT2D eigenvalue weighted by atomic mass is 32.2. The first-order valence-electron chi connectivity index (χ1n) is 6.26. The summed E-state index contributed by atoms with van der Waals surface area (Å²) < 4.78 is 0. The van der Waals surface area contributed by atoms with Gasteiger partial charge in [0, 0.05) is 0 Å². The minimum Gasteiger partial charge on any atom is -0.508 e. The van der Waals surface area contributed by atoms with Crippen molar-refractivity contribution in [2.24, 2.45) is 0 Å². The van der Waals surface area contributed by atoms with Gasteiger partial charge in [-0.1, -0.05) is 36.4 Å². The van der Waals surface area contributed by atoms with Gasteiger partial charge in [0.1, 0.15) is 5.75 Å². The van der Waals surface area contributed by atoms with Crippen molar-refractivity contribution >= 4 is 29.0 Å². The maximum atomic E-state index is 11.5. The fourth-order valence-corrected chi connectivity index (χ4v) is 2.71. The van der Waals surface area contributed by atoms with Crippen molar-refractivity contribution in [1.29, 1.82) is 0 Å². The highest BCUT2D eigenvalue weighted by Crippen LogP contribution is 2.27. The maximum Gasteiger partial charge on any atom is 0.290 e. The lowest BCUT2D eigenvalue weighted by molar-refractivity contribution is -0.115. The van der Waals surface area contributed by atoms with Gasteiger partial charge in [-0.15, -0.1) is 0 Å². The molecule has 2 amide bonds. The largest absolute Gasteiger partial charge is 0.508 e. The molecule has 2 N–H and O–H groups in total. The third-order valence-electron chi connectivity index (χ3n) is 3.03. The van der Waals surface area contributed by atoms with Gasteiger partial charge in [0.25, 0.3) is 11.1 Å². The van der Waals surface area contributed by atoms with Crippen LogP contribution in [0.25, 0.3) is 17.2 Å². The molecule has 1 heterocycles. The third kappa shape index (κ3) is 2.98.